The van der Waals surface area contributed by atoms with Crippen LogP contribution in [0.3, 0.4) is 0 Å². The SMILES string of the molecule is COc1cc2c(cc1OCc1cc(COc3cc4c(cc3C)C(=O)N3c5ccccc5C[C@H]3CC4)cc(NC(=O)CCC(C)(C)C)c1)CC[C@@H]1Cc3ccccc3N1C2=O. The number of hydrogen-bond acceptors (Lipinski definition) is 6. The lowest BCUT2D eigenvalue weighted by Gasteiger charge is -2.23. The molecule has 308 valence electrons. The number of para-hydroxylation sites is 2. The molecule has 5 aromatic rings. The van der Waals surface area contributed by atoms with E-state index in [9.17, 15) is 14.4 Å². The highest BCUT2D eigenvalue weighted by Gasteiger charge is 2.39. The molecule has 0 aromatic heterocycles. The maximum absolute atomic E-state index is 14.0. The van der Waals surface area contributed by atoms with Crippen LogP contribution in [0.1, 0.15) is 106 Å². The molecule has 0 aliphatic carbocycles. The lowest BCUT2D eigenvalue weighted by Crippen LogP contribution is -2.36. The van der Waals surface area contributed by atoms with Gasteiger partial charge in [0.25, 0.3) is 11.8 Å². The Bertz CT molecular complexity index is 2520. The Labute approximate surface area is 352 Å². The van der Waals surface area contributed by atoms with Crippen molar-refractivity contribution in [2.24, 2.45) is 5.41 Å². The second-order valence-electron chi connectivity index (χ2n) is 18.1. The van der Waals surface area contributed by atoms with E-state index in [1.54, 1.807) is 7.11 Å². The number of nitrogens with zero attached hydrogens (tertiary/aromatic N) is 2. The quantitative estimate of drug-likeness (QED) is 0.151. The number of carbonyl (C=O) groups is 3. The van der Waals surface area contributed by atoms with Crippen molar-refractivity contribution in [1.82, 2.24) is 0 Å². The first-order chi connectivity index (χ1) is 28.9. The third kappa shape index (κ3) is 7.73. The third-order valence-electron chi connectivity index (χ3n) is 12.6. The van der Waals surface area contributed by atoms with Gasteiger partial charge >= 0.3 is 0 Å². The number of anilines is 3. The number of benzene rings is 5. The van der Waals surface area contributed by atoms with Gasteiger partial charge in [0.2, 0.25) is 5.91 Å². The summed E-state index contributed by atoms with van der Waals surface area (Å²) in [6.07, 6.45) is 6.17. The third-order valence-corrected chi connectivity index (χ3v) is 12.6. The molecule has 4 aliphatic rings. The first-order valence-corrected chi connectivity index (χ1v) is 21.3. The van der Waals surface area contributed by atoms with Crippen molar-refractivity contribution in [2.75, 3.05) is 22.2 Å². The highest BCUT2D eigenvalue weighted by molar-refractivity contribution is 6.10. The van der Waals surface area contributed by atoms with Crippen LogP contribution < -0.4 is 29.3 Å². The average molecular weight is 804 g/mol. The number of fused-ring (bicyclic) bond motifs is 8. The Morgan fingerprint density at radius 3 is 1.78 bits per heavy atom. The molecule has 4 aliphatic heterocycles. The molecule has 0 unspecified atom stereocenters. The fourth-order valence-corrected chi connectivity index (χ4v) is 9.44. The second-order valence-corrected chi connectivity index (χ2v) is 18.1. The van der Waals surface area contributed by atoms with E-state index in [0.717, 1.165) is 95.5 Å². The molecule has 0 spiro atoms. The van der Waals surface area contributed by atoms with Crippen LogP contribution in [-0.4, -0.2) is 36.9 Å². The number of carbonyl (C=O) groups excluding carboxylic acids is 3. The molecule has 0 saturated heterocycles. The fraction of sp³-hybridized carbons (Fsp3) is 0.353. The molecule has 4 heterocycles. The predicted molar refractivity (Wildman–Crippen MR) is 235 cm³/mol. The number of rotatable bonds is 10. The molecule has 9 nitrogen and oxygen atoms in total. The zero-order valence-electron chi connectivity index (χ0n) is 35.2. The van der Waals surface area contributed by atoms with Crippen LogP contribution in [0.25, 0.3) is 0 Å². The summed E-state index contributed by atoms with van der Waals surface area (Å²) in [6, 6.07) is 30.4. The summed E-state index contributed by atoms with van der Waals surface area (Å²) in [6.45, 7) is 8.82. The van der Waals surface area contributed by atoms with Gasteiger partial charge in [0.15, 0.2) is 11.5 Å². The van der Waals surface area contributed by atoms with Crippen molar-refractivity contribution in [3.8, 4) is 17.2 Å². The summed E-state index contributed by atoms with van der Waals surface area (Å²) in [5.74, 6) is 1.77. The average Bonchev–Trinajstić information content (AvgIpc) is 3.72. The first-order valence-electron chi connectivity index (χ1n) is 21.3. The van der Waals surface area contributed by atoms with Gasteiger partial charge in [-0.05, 0) is 151 Å². The number of amides is 3. The van der Waals surface area contributed by atoms with E-state index in [1.807, 2.05) is 89.5 Å². The van der Waals surface area contributed by atoms with Gasteiger partial charge in [0, 0.05) is 46.7 Å². The van der Waals surface area contributed by atoms with Gasteiger partial charge in [-0.1, -0.05) is 57.2 Å². The zero-order chi connectivity index (χ0) is 41.7. The zero-order valence-corrected chi connectivity index (χ0v) is 35.2. The van der Waals surface area contributed by atoms with E-state index < -0.39 is 0 Å². The fourth-order valence-electron chi connectivity index (χ4n) is 9.44. The maximum atomic E-state index is 14.0. The Morgan fingerprint density at radius 2 is 1.22 bits per heavy atom. The minimum absolute atomic E-state index is 0.00993. The van der Waals surface area contributed by atoms with Crippen LogP contribution >= 0.6 is 0 Å². The van der Waals surface area contributed by atoms with E-state index in [4.69, 9.17) is 14.2 Å². The normalized spacial score (nSPS) is 17.7. The molecule has 60 heavy (non-hydrogen) atoms. The van der Waals surface area contributed by atoms with Gasteiger partial charge in [-0.25, -0.2) is 0 Å². The van der Waals surface area contributed by atoms with Crippen molar-refractivity contribution in [3.63, 3.8) is 0 Å². The largest absolute Gasteiger partial charge is 0.493 e. The lowest BCUT2D eigenvalue weighted by atomic mass is 9.90. The molecule has 0 saturated carbocycles. The van der Waals surface area contributed by atoms with E-state index >= 15 is 0 Å². The van der Waals surface area contributed by atoms with E-state index in [1.165, 1.54) is 11.1 Å². The number of hydrogen-bond donors (Lipinski definition) is 1. The number of aryl methyl sites for hydroxylation is 3. The standard InChI is InChI=1S/C51H53N3O6/c1-31-20-41-34(14-16-39-24-36-10-6-8-12-43(36)53(39)49(41)56)26-45(31)59-29-32-21-33(23-38(22-32)52-48(55)18-19-51(2,3)4)30-60-47-27-35-15-17-40-25-37-11-7-9-13-44(37)54(40)50(57)42(35)28-46(47)58-5/h6-13,20-23,26-28,39-40H,14-19,24-25,29-30H2,1-5H3,(H,52,55)/t39-,40-/m1/s1. The van der Waals surface area contributed by atoms with Crippen LogP contribution in [-0.2, 0) is 43.7 Å². The molecule has 0 bridgehead atoms. The molecule has 9 heteroatoms. The molecule has 5 aromatic carbocycles. The van der Waals surface area contributed by atoms with Crippen LogP contribution in [0.5, 0.6) is 17.2 Å². The molecular weight excluding hydrogens is 751 g/mol. The van der Waals surface area contributed by atoms with Crippen LogP contribution in [0.2, 0.25) is 0 Å². The summed E-state index contributed by atoms with van der Waals surface area (Å²) < 4.78 is 18.8. The van der Waals surface area contributed by atoms with Gasteiger partial charge in [0.05, 0.1) is 7.11 Å². The summed E-state index contributed by atoms with van der Waals surface area (Å²) in [7, 11) is 1.59. The summed E-state index contributed by atoms with van der Waals surface area (Å²) in [5.41, 5.74) is 11.1. The van der Waals surface area contributed by atoms with Gasteiger partial charge in [-0.3, -0.25) is 14.4 Å². The van der Waals surface area contributed by atoms with E-state index in [-0.39, 0.29) is 48.4 Å². The molecule has 3 amide bonds. The van der Waals surface area contributed by atoms with Crippen molar-refractivity contribution in [3.05, 3.63) is 141 Å². The monoisotopic (exact) mass is 803 g/mol. The number of ether oxygens (including phenoxy) is 3. The van der Waals surface area contributed by atoms with Crippen LogP contribution in [0.4, 0.5) is 17.1 Å². The Hall–Kier alpha value is -6.09. The minimum atomic E-state index is -0.0514. The molecule has 0 fully saturated rings. The van der Waals surface area contributed by atoms with Gasteiger partial charge in [-0.15, -0.1) is 0 Å². The Balaban J connectivity index is 0.953. The Kier molecular flexibility index (Phi) is 10.4. The smallest absolute Gasteiger partial charge is 0.258 e. The lowest BCUT2D eigenvalue weighted by molar-refractivity contribution is -0.116. The van der Waals surface area contributed by atoms with Crippen molar-refractivity contribution >= 4 is 34.8 Å². The summed E-state index contributed by atoms with van der Waals surface area (Å²) >= 11 is 0. The van der Waals surface area contributed by atoms with Crippen LogP contribution in [0, 0.1) is 12.3 Å². The van der Waals surface area contributed by atoms with Gasteiger partial charge in [0.1, 0.15) is 19.0 Å². The van der Waals surface area contributed by atoms with Gasteiger partial charge in [-0.2, -0.15) is 0 Å². The molecule has 2 atom stereocenters. The molecule has 9 rings (SSSR count). The first kappa shape index (κ1) is 39.4. The van der Waals surface area contributed by atoms with E-state index in [2.05, 4.69) is 44.3 Å². The summed E-state index contributed by atoms with van der Waals surface area (Å²) in [5, 5.41) is 3.12. The second kappa shape index (κ2) is 15.8. The highest BCUT2D eigenvalue weighted by atomic mass is 16.5. The molecular formula is C51H53N3O6. The minimum Gasteiger partial charge on any atom is -0.493 e. The van der Waals surface area contributed by atoms with Crippen molar-refractivity contribution in [1.29, 1.82) is 0 Å². The number of methoxy groups -OCH3 is 1. The van der Waals surface area contributed by atoms with Crippen molar-refractivity contribution in [2.45, 2.75) is 104 Å². The van der Waals surface area contributed by atoms with Crippen LogP contribution in [0.15, 0.2) is 91.0 Å². The summed E-state index contributed by atoms with van der Waals surface area (Å²) in [4.78, 5) is 45.2. The number of nitrogens with one attached hydrogen (secondary N) is 1. The molecule has 0 radical (unpaired) electrons. The highest BCUT2D eigenvalue weighted by Crippen LogP contribution is 2.42. The maximum Gasteiger partial charge on any atom is 0.258 e. The topological polar surface area (TPSA) is 97.4 Å². The van der Waals surface area contributed by atoms with Gasteiger partial charge < -0.3 is 29.3 Å². The predicted octanol–water partition coefficient (Wildman–Crippen LogP) is 9.96. The Morgan fingerprint density at radius 1 is 0.683 bits per heavy atom. The van der Waals surface area contributed by atoms with Crippen molar-refractivity contribution < 1.29 is 28.6 Å². The molecule has 1 N–H and O–H groups in total. The van der Waals surface area contributed by atoms with E-state index in [0.29, 0.717) is 29.2 Å².